The predicted molar refractivity (Wildman–Crippen MR) is 71.4 cm³/mol. The van der Waals surface area contributed by atoms with E-state index in [2.05, 4.69) is 32.0 Å². The first-order valence-corrected chi connectivity index (χ1v) is 5.87. The van der Waals surface area contributed by atoms with Crippen LogP contribution in [0.25, 0.3) is 11.1 Å². The van der Waals surface area contributed by atoms with Crippen molar-refractivity contribution in [3.8, 4) is 11.1 Å². The summed E-state index contributed by atoms with van der Waals surface area (Å²) >= 11 is 0. The Balaban J connectivity index is 2.55. The highest BCUT2D eigenvalue weighted by Crippen LogP contribution is 2.29. The summed E-state index contributed by atoms with van der Waals surface area (Å²) < 4.78 is 0. The van der Waals surface area contributed by atoms with E-state index in [0.29, 0.717) is 5.92 Å². The van der Waals surface area contributed by atoms with E-state index in [1.807, 2.05) is 30.3 Å². The monoisotopic (exact) mass is 224 g/mol. The highest BCUT2D eigenvalue weighted by molar-refractivity contribution is 5.79. The van der Waals surface area contributed by atoms with Crippen molar-refractivity contribution in [3.63, 3.8) is 0 Å². The summed E-state index contributed by atoms with van der Waals surface area (Å²) in [6, 6.07) is 16.1. The Morgan fingerprint density at radius 3 is 2.47 bits per heavy atom. The quantitative estimate of drug-likeness (QED) is 0.711. The number of benzene rings is 2. The molecule has 0 aromatic heterocycles. The fraction of sp³-hybridized carbons (Fsp3) is 0.188. The Labute approximate surface area is 102 Å². The average Bonchev–Trinajstić information content (AvgIpc) is 2.39. The van der Waals surface area contributed by atoms with Crippen LogP contribution in [0, 0.1) is 0 Å². The van der Waals surface area contributed by atoms with Crippen LogP contribution in [0.3, 0.4) is 0 Å². The SMILES string of the molecule is CC(C)c1ccccc1-c1cccc(C=O)c1. The standard InChI is InChI=1S/C16H16O/c1-12(2)15-8-3-4-9-16(15)14-7-5-6-13(10-14)11-17/h3-12H,1-2H3. The van der Waals surface area contributed by atoms with Gasteiger partial charge in [-0.05, 0) is 28.7 Å². The molecule has 0 spiro atoms. The fourth-order valence-electron chi connectivity index (χ4n) is 2.04. The maximum absolute atomic E-state index is 10.8. The number of rotatable bonds is 3. The van der Waals surface area contributed by atoms with Crippen LogP contribution in [-0.2, 0) is 0 Å². The molecule has 2 aromatic rings. The van der Waals surface area contributed by atoms with Crippen LogP contribution in [-0.4, -0.2) is 6.29 Å². The van der Waals surface area contributed by atoms with Crippen LogP contribution in [0.15, 0.2) is 48.5 Å². The predicted octanol–water partition coefficient (Wildman–Crippen LogP) is 4.29. The summed E-state index contributed by atoms with van der Waals surface area (Å²) in [4.78, 5) is 10.8. The largest absolute Gasteiger partial charge is 0.298 e. The van der Waals surface area contributed by atoms with Crippen molar-refractivity contribution >= 4 is 6.29 Å². The van der Waals surface area contributed by atoms with Gasteiger partial charge >= 0.3 is 0 Å². The molecule has 0 saturated heterocycles. The molecule has 0 unspecified atom stereocenters. The summed E-state index contributed by atoms with van der Waals surface area (Å²) in [5.74, 6) is 0.478. The van der Waals surface area contributed by atoms with Gasteiger partial charge in [-0.2, -0.15) is 0 Å². The lowest BCUT2D eigenvalue weighted by Crippen LogP contribution is -1.92. The van der Waals surface area contributed by atoms with Gasteiger partial charge in [0.25, 0.3) is 0 Å². The molecule has 2 aromatic carbocycles. The second-order valence-electron chi connectivity index (χ2n) is 4.49. The van der Waals surface area contributed by atoms with Crippen molar-refractivity contribution in [2.45, 2.75) is 19.8 Å². The Morgan fingerprint density at radius 1 is 1.00 bits per heavy atom. The molecule has 0 aliphatic rings. The molecule has 0 heterocycles. The molecular formula is C16H16O. The van der Waals surface area contributed by atoms with Gasteiger partial charge in [-0.1, -0.05) is 56.3 Å². The van der Waals surface area contributed by atoms with Crippen molar-refractivity contribution in [2.24, 2.45) is 0 Å². The van der Waals surface area contributed by atoms with Crippen molar-refractivity contribution < 1.29 is 4.79 Å². The molecule has 86 valence electrons. The molecular weight excluding hydrogens is 208 g/mol. The lowest BCUT2D eigenvalue weighted by atomic mass is 9.92. The minimum absolute atomic E-state index is 0.478. The van der Waals surface area contributed by atoms with E-state index in [1.165, 1.54) is 11.1 Å². The molecule has 0 aliphatic carbocycles. The van der Waals surface area contributed by atoms with Gasteiger partial charge in [-0.3, -0.25) is 4.79 Å². The minimum Gasteiger partial charge on any atom is -0.298 e. The number of carbonyl (C=O) groups excluding carboxylic acids is 1. The van der Waals surface area contributed by atoms with Crippen LogP contribution >= 0.6 is 0 Å². The molecule has 0 aliphatic heterocycles. The van der Waals surface area contributed by atoms with Crippen molar-refractivity contribution in [2.75, 3.05) is 0 Å². The maximum Gasteiger partial charge on any atom is 0.150 e. The Bertz CT molecular complexity index is 527. The number of carbonyl (C=O) groups is 1. The molecule has 0 atom stereocenters. The number of aldehydes is 1. The van der Waals surface area contributed by atoms with Gasteiger partial charge in [0.1, 0.15) is 6.29 Å². The molecule has 0 radical (unpaired) electrons. The lowest BCUT2D eigenvalue weighted by molar-refractivity contribution is 0.112. The van der Waals surface area contributed by atoms with Crippen LogP contribution in [0.4, 0.5) is 0 Å². The van der Waals surface area contributed by atoms with Crippen LogP contribution in [0.2, 0.25) is 0 Å². The van der Waals surface area contributed by atoms with Gasteiger partial charge in [0.2, 0.25) is 0 Å². The van der Waals surface area contributed by atoms with Gasteiger partial charge < -0.3 is 0 Å². The van der Waals surface area contributed by atoms with E-state index in [9.17, 15) is 4.79 Å². The van der Waals surface area contributed by atoms with E-state index in [4.69, 9.17) is 0 Å². The van der Waals surface area contributed by atoms with E-state index in [1.54, 1.807) is 0 Å². The zero-order chi connectivity index (χ0) is 12.3. The summed E-state index contributed by atoms with van der Waals surface area (Å²) in [5.41, 5.74) is 4.36. The van der Waals surface area contributed by atoms with E-state index >= 15 is 0 Å². The van der Waals surface area contributed by atoms with Gasteiger partial charge in [0.15, 0.2) is 0 Å². The van der Waals surface area contributed by atoms with Gasteiger partial charge in [0.05, 0.1) is 0 Å². The third kappa shape index (κ3) is 2.44. The number of hydrogen-bond donors (Lipinski definition) is 0. The summed E-state index contributed by atoms with van der Waals surface area (Å²) in [7, 11) is 0. The van der Waals surface area contributed by atoms with Gasteiger partial charge in [0, 0.05) is 5.56 Å². The first-order chi connectivity index (χ1) is 8.22. The average molecular weight is 224 g/mol. The van der Waals surface area contributed by atoms with Gasteiger partial charge in [-0.15, -0.1) is 0 Å². The van der Waals surface area contributed by atoms with Crippen LogP contribution < -0.4 is 0 Å². The molecule has 1 heteroatoms. The molecule has 0 fully saturated rings. The molecule has 0 amide bonds. The lowest BCUT2D eigenvalue weighted by Gasteiger charge is -2.12. The van der Waals surface area contributed by atoms with Crippen molar-refractivity contribution in [3.05, 3.63) is 59.7 Å². The maximum atomic E-state index is 10.8. The highest BCUT2D eigenvalue weighted by Gasteiger charge is 2.07. The van der Waals surface area contributed by atoms with Crippen LogP contribution in [0.5, 0.6) is 0 Å². The number of hydrogen-bond acceptors (Lipinski definition) is 1. The first kappa shape index (κ1) is 11.6. The Kier molecular flexibility index (Phi) is 3.38. The summed E-state index contributed by atoms with van der Waals surface area (Å²) in [6.07, 6.45) is 0.890. The molecule has 2 rings (SSSR count). The molecule has 17 heavy (non-hydrogen) atoms. The van der Waals surface area contributed by atoms with Crippen molar-refractivity contribution in [1.29, 1.82) is 0 Å². The molecule has 1 nitrogen and oxygen atoms in total. The highest BCUT2D eigenvalue weighted by atomic mass is 16.1. The van der Waals surface area contributed by atoms with Gasteiger partial charge in [-0.25, -0.2) is 0 Å². The third-order valence-corrected chi connectivity index (χ3v) is 2.92. The van der Waals surface area contributed by atoms with Crippen LogP contribution in [0.1, 0.15) is 35.7 Å². The zero-order valence-corrected chi connectivity index (χ0v) is 10.2. The molecule has 0 N–H and O–H groups in total. The topological polar surface area (TPSA) is 17.1 Å². The minimum atomic E-state index is 0.478. The van der Waals surface area contributed by atoms with Crippen molar-refractivity contribution in [1.82, 2.24) is 0 Å². The fourth-order valence-corrected chi connectivity index (χ4v) is 2.04. The second-order valence-corrected chi connectivity index (χ2v) is 4.49. The zero-order valence-electron chi connectivity index (χ0n) is 10.2. The van der Waals surface area contributed by atoms with E-state index in [0.717, 1.165) is 17.4 Å². The molecule has 0 bridgehead atoms. The molecule has 0 saturated carbocycles. The van der Waals surface area contributed by atoms with E-state index < -0.39 is 0 Å². The van der Waals surface area contributed by atoms with E-state index in [-0.39, 0.29) is 0 Å². The summed E-state index contributed by atoms with van der Waals surface area (Å²) in [5, 5.41) is 0. The second kappa shape index (κ2) is 4.96. The summed E-state index contributed by atoms with van der Waals surface area (Å²) in [6.45, 7) is 4.37. The third-order valence-electron chi connectivity index (χ3n) is 2.92. The smallest absolute Gasteiger partial charge is 0.150 e. The Hall–Kier alpha value is -1.89. The first-order valence-electron chi connectivity index (χ1n) is 5.87. The normalized spacial score (nSPS) is 10.5. The Morgan fingerprint density at radius 2 is 1.76 bits per heavy atom.